The molecule has 0 saturated carbocycles. The van der Waals surface area contributed by atoms with Crippen LogP contribution in [0.25, 0.3) is 0 Å². The van der Waals surface area contributed by atoms with Crippen LogP contribution >= 0.6 is 11.6 Å². The van der Waals surface area contributed by atoms with Gasteiger partial charge in [-0.2, -0.15) is 0 Å². The minimum Gasteiger partial charge on any atom is -0.380 e. The molecular formula is C8H12ClN3O2. The Labute approximate surface area is 86.5 Å². The summed E-state index contributed by atoms with van der Waals surface area (Å²) in [5, 5.41) is 2.98. The first kappa shape index (κ1) is 11.0. The smallest absolute Gasteiger partial charge is 0.271 e. The number of anilines is 1. The maximum atomic E-state index is 11.1. The van der Waals surface area contributed by atoms with Gasteiger partial charge < -0.3 is 15.0 Å². The van der Waals surface area contributed by atoms with Crippen LogP contribution < -0.4 is 10.9 Å². The Bertz CT molecular complexity index is 353. The molecule has 5 nitrogen and oxygen atoms in total. The second-order valence-corrected chi connectivity index (χ2v) is 3.20. The molecule has 0 aromatic carbocycles. The van der Waals surface area contributed by atoms with Crippen LogP contribution in [0.2, 0.25) is 5.02 Å². The molecule has 0 aliphatic rings. The third-order valence-electron chi connectivity index (χ3n) is 1.76. The lowest BCUT2D eigenvalue weighted by atomic mass is 10.4. The maximum Gasteiger partial charge on any atom is 0.271 e. The van der Waals surface area contributed by atoms with Crippen molar-refractivity contribution in [2.45, 2.75) is 13.0 Å². The molecule has 0 fully saturated rings. The molecule has 1 unspecified atom stereocenters. The standard InChI is InChI=1S/C8H12ClN3O2/c1-5(14-2)3-10-7-6(9)8(13)12-4-11-7/h4-5H,3H2,1-2H3,(H2,10,11,12,13). The van der Waals surface area contributed by atoms with E-state index >= 15 is 0 Å². The van der Waals surface area contributed by atoms with Crippen LogP contribution in [0.15, 0.2) is 11.1 Å². The molecule has 14 heavy (non-hydrogen) atoms. The molecule has 2 N–H and O–H groups in total. The van der Waals surface area contributed by atoms with Crippen molar-refractivity contribution in [2.75, 3.05) is 19.0 Å². The fourth-order valence-electron chi connectivity index (χ4n) is 0.830. The van der Waals surface area contributed by atoms with E-state index in [1.165, 1.54) is 6.33 Å². The summed E-state index contributed by atoms with van der Waals surface area (Å²) in [6, 6.07) is 0. The van der Waals surface area contributed by atoms with Gasteiger partial charge in [-0.15, -0.1) is 0 Å². The molecule has 0 saturated heterocycles. The van der Waals surface area contributed by atoms with Gasteiger partial charge in [-0.1, -0.05) is 11.6 Å². The number of methoxy groups -OCH3 is 1. The third-order valence-corrected chi connectivity index (χ3v) is 2.11. The summed E-state index contributed by atoms with van der Waals surface area (Å²) < 4.78 is 5.02. The largest absolute Gasteiger partial charge is 0.380 e. The molecule has 6 heteroatoms. The van der Waals surface area contributed by atoms with Gasteiger partial charge in [0.25, 0.3) is 5.56 Å². The van der Waals surface area contributed by atoms with Crippen molar-refractivity contribution in [1.82, 2.24) is 9.97 Å². The van der Waals surface area contributed by atoms with Crippen LogP contribution in [-0.4, -0.2) is 29.7 Å². The lowest BCUT2D eigenvalue weighted by Crippen LogP contribution is -2.20. The van der Waals surface area contributed by atoms with Crippen LogP contribution in [0, 0.1) is 0 Å². The van der Waals surface area contributed by atoms with Crippen LogP contribution in [-0.2, 0) is 4.74 Å². The number of nitrogens with one attached hydrogen (secondary N) is 2. The van der Waals surface area contributed by atoms with E-state index < -0.39 is 0 Å². The summed E-state index contributed by atoms with van der Waals surface area (Å²) in [5.74, 6) is 0.374. The number of rotatable bonds is 4. The molecule has 0 aliphatic carbocycles. The second-order valence-electron chi connectivity index (χ2n) is 2.82. The highest BCUT2D eigenvalue weighted by atomic mass is 35.5. The zero-order valence-corrected chi connectivity index (χ0v) is 8.76. The average molecular weight is 218 g/mol. The number of halogens is 1. The van der Waals surface area contributed by atoms with E-state index in [2.05, 4.69) is 15.3 Å². The van der Waals surface area contributed by atoms with Crippen molar-refractivity contribution < 1.29 is 4.74 Å². The Morgan fingerprint density at radius 1 is 1.79 bits per heavy atom. The number of aromatic amines is 1. The molecule has 0 spiro atoms. The van der Waals surface area contributed by atoms with Crippen LogP contribution in [0.1, 0.15) is 6.92 Å². The molecule has 1 atom stereocenters. The van der Waals surface area contributed by atoms with Crippen molar-refractivity contribution in [1.29, 1.82) is 0 Å². The summed E-state index contributed by atoms with van der Waals surface area (Å²) in [7, 11) is 1.61. The fraction of sp³-hybridized carbons (Fsp3) is 0.500. The topological polar surface area (TPSA) is 67.0 Å². The van der Waals surface area contributed by atoms with E-state index in [9.17, 15) is 4.79 Å². The zero-order valence-electron chi connectivity index (χ0n) is 8.00. The van der Waals surface area contributed by atoms with E-state index in [1.54, 1.807) is 7.11 Å². The first-order valence-electron chi connectivity index (χ1n) is 4.15. The van der Waals surface area contributed by atoms with Crippen LogP contribution in [0.5, 0.6) is 0 Å². The van der Waals surface area contributed by atoms with Gasteiger partial charge in [0.05, 0.1) is 12.4 Å². The Kier molecular flexibility index (Phi) is 3.91. The van der Waals surface area contributed by atoms with E-state index in [0.29, 0.717) is 12.4 Å². The predicted octanol–water partition coefficient (Wildman–Crippen LogP) is 0.870. The van der Waals surface area contributed by atoms with E-state index in [0.717, 1.165) is 0 Å². The Balaban J connectivity index is 2.68. The summed E-state index contributed by atoms with van der Waals surface area (Å²) in [6.07, 6.45) is 1.33. The Morgan fingerprint density at radius 3 is 3.14 bits per heavy atom. The summed E-state index contributed by atoms with van der Waals surface area (Å²) in [4.78, 5) is 17.3. The molecule has 0 amide bonds. The number of aromatic nitrogens is 2. The molecule has 1 heterocycles. The minimum absolute atomic E-state index is 0.0344. The number of H-pyrrole nitrogens is 1. The van der Waals surface area contributed by atoms with Crippen molar-refractivity contribution in [2.24, 2.45) is 0 Å². The van der Waals surface area contributed by atoms with E-state index in [-0.39, 0.29) is 16.7 Å². The summed E-state index contributed by atoms with van der Waals surface area (Å²) in [5.41, 5.74) is -0.353. The van der Waals surface area contributed by atoms with E-state index in [4.69, 9.17) is 16.3 Å². The van der Waals surface area contributed by atoms with Gasteiger partial charge in [-0.3, -0.25) is 4.79 Å². The second kappa shape index (κ2) is 4.97. The third kappa shape index (κ3) is 2.71. The molecule has 78 valence electrons. The molecule has 0 bridgehead atoms. The van der Waals surface area contributed by atoms with Gasteiger partial charge >= 0.3 is 0 Å². The number of ether oxygens (including phenoxy) is 1. The maximum absolute atomic E-state index is 11.1. The Morgan fingerprint density at radius 2 is 2.50 bits per heavy atom. The van der Waals surface area contributed by atoms with Crippen LogP contribution in [0.4, 0.5) is 5.82 Å². The van der Waals surface area contributed by atoms with Gasteiger partial charge in [-0.05, 0) is 6.92 Å². The highest BCUT2D eigenvalue weighted by molar-refractivity contribution is 6.32. The van der Waals surface area contributed by atoms with Gasteiger partial charge in [0.2, 0.25) is 0 Å². The lowest BCUT2D eigenvalue weighted by molar-refractivity contribution is 0.128. The number of hydrogen-bond donors (Lipinski definition) is 2. The highest BCUT2D eigenvalue weighted by Crippen LogP contribution is 2.11. The molecule has 0 radical (unpaired) electrons. The van der Waals surface area contributed by atoms with E-state index in [1.807, 2.05) is 6.92 Å². The first-order valence-corrected chi connectivity index (χ1v) is 4.52. The molecular weight excluding hydrogens is 206 g/mol. The molecule has 1 aromatic rings. The minimum atomic E-state index is -0.353. The van der Waals surface area contributed by atoms with Gasteiger partial charge in [0.1, 0.15) is 5.02 Å². The fourth-order valence-corrected chi connectivity index (χ4v) is 1.00. The highest BCUT2D eigenvalue weighted by Gasteiger charge is 2.06. The van der Waals surface area contributed by atoms with Gasteiger partial charge in [-0.25, -0.2) is 4.98 Å². The van der Waals surface area contributed by atoms with Crippen LogP contribution in [0.3, 0.4) is 0 Å². The number of hydrogen-bond acceptors (Lipinski definition) is 4. The van der Waals surface area contributed by atoms with Crippen molar-refractivity contribution in [3.05, 3.63) is 21.7 Å². The predicted molar refractivity (Wildman–Crippen MR) is 54.8 cm³/mol. The average Bonchev–Trinajstić information content (AvgIpc) is 2.20. The molecule has 1 rings (SSSR count). The quantitative estimate of drug-likeness (QED) is 0.786. The summed E-state index contributed by atoms with van der Waals surface area (Å²) >= 11 is 5.71. The molecule has 1 aromatic heterocycles. The zero-order chi connectivity index (χ0) is 10.6. The molecule has 0 aliphatic heterocycles. The van der Waals surface area contributed by atoms with Gasteiger partial charge in [0.15, 0.2) is 5.82 Å². The lowest BCUT2D eigenvalue weighted by Gasteiger charge is -2.11. The SMILES string of the molecule is COC(C)CNc1nc[nH]c(=O)c1Cl. The number of nitrogens with zero attached hydrogens (tertiary/aromatic N) is 1. The van der Waals surface area contributed by atoms with Gasteiger partial charge in [0, 0.05) is 13.7 Å². The van der Waals surface area contributed by atoms with Crippen molar-refractivity contribution in [3.8, 4) is 0 Å². The van der Waals surface area contributed by atoms with Crippen molar-refractivity contribution >= 4 is 17.4 Å². The summed E-state index contributed by atoms with van der Waals surface area (Å²) in [6.45, 7) is 2.45. The normalized spacial score (nSPS) is 12.5. The Hall–Kier alpha value is -1.07. The monoisotopic (exact) mass is 217 g/mol. The van der Waals surface area contributed by atoms with Crippen molar-refractivity contribution in [3.63, 3.8) is 0 Å². The first-order chi connectivity index (χ1) is 6.65.